The lowest BCUT2D eigenvalue weighted by atomic mass is 10.2. The van der Waals surface area contributed by atoms with Gasteiger partial charge >= 0.3 is 0 Å². The first-order chi connectivity index (χ1) is 11.3. The van der Waals surface area contributed by atoms with E-state index in [1.54, 1.807) is 23.1 Å². The average Bonchev–Trinajstić information content (AvgIpc) is 2.62. The molecular weight excluding hydrogens is 290 g/mol. The highest BCUT2D eigenvalue weighted by atomic mass is 16.1. The Kier molecular flexibility index (Phi) is 3.12. The minimum atomic E-state index is -0.101. The zero-order valence-electron chi connectivity index (χ0n) is 12.0. The molecule has 0 radical (unpaired) electrons. The van der Waals surface area contributed by atoms with Gasteiger partial charge in [-0.25, -0.2) is 14.6 Å². The van der Waals surface area contributed by atoms with Gasteiger partial charge in [0.05, 0.1) is 11.4 Å². The highest BCUT2D eigenvalue weighted by Gasteiger charge is 2.15. The number of benzene rings is 1. The monoisotopic (exact) mass is 301 g/mol. The van der Waals surface area contributed by atoms with Gasteiger partial charge in [0.2, 0.25) is 0 Å². The van der Waals surface area contributed by atoms with Crippen LogP contribution in [0.1, 0.15) is 0 Å². The van der Waals surface area contributed by atoms with Crippen LogP contribution >= 0.6 is 0 Å². The van der Waals surface area contributed by atoms with Gasteiger partial charge in [0.15, 0.2) is 17.1 Å². The Morgan fingerprint density at radius 1 is 0.826 bits per heavy atom. The second kappa shape index (κ2) is 5.42. The predicted octanol–water partition coefficient (Wildman–Crippen LogP) is 2.19. The van der Waals surface area contributed by atoms with E-state index >= 15 is 0 Å². The second-order valence-electron chi connectivity index (χ2n) is 4.90. The van der Waals surface area contributed by atoms with E-state index in [0.29, 0.717) is 28.7 Å². The zero-order chi connectivity index (χ0) is 15.6. The van der Waals surface area contributed by atoms with E-state index in [4.69, 9.17) is 0 Å². The molecule has 4 rings (SSSR count). The Bertz CT molecular complexity index is 983. The predicted molar refractivity (Wildman–Crippen MR) is 85.3 cm³/mol. The average molecular weight is 301 g/mol. The van der Waals surface area contributed by atoms with Crippen molar-refractivity contribution in [3.8, 4) is 28.7 Å². The zero-order valence-corrected chi connectivity index (χ0v) is 12.0. The van der Waals surface area contributed by atoms with Gasteiger partial charge in [-0.15, -0.1) is 5.10 Å². The minimum Gasteiger partial charge on any atom is -0.290 e. The summed E-state index contributed by atoms with van der Waals surface area (Å²) in [5.74, 6) is 1.09. The van der Waals surface area contributed by atoms with Gasteiger partial charge < -0.3 is 0 Å². The first-order valence-corrected chi connectivity index (χ1v) is 7.05. The van der Waals surface area contributed by atoms with Crippen molar-refractivity contribution < 1.29 is 0 Å². The van der Waals surface area contributed by atoms with Crippen LogP contribution in [0.15, 0.2) is 71.8 Å². The second-order valence-corrected chi connectivity index (χ2v) is 4.90. The summed E-state index contributed by atoms with van der Waals surface area (Å²) in [5, 5.41) is 4.52. The van der Waals surface area contributed by atoms with Crippen LogP contribution in [0.3, 0.4) is 0 Å². The maximum absolute atomic E-state index is 11.7. The summed E-state index contributed by atoms with van der Waals surface area (Å²) in [6.07, 6.45) is 3.37. The summed E-state index contributed by atoms with van der Waals surface area (Å²) < 4.78 is 1.62. The molecule has 0 atom stereocenters. The van der Waals surface area contributed by atoms with Crippen LogP contribution < -0.4 is 5.43 Å². The molecule has 0 saturated heterocycles. The maximum Gasteiger partial charge on any atom is 0.199 e. The fourth-order valence-corrected chi connectivity index (χ4v) is 2.31. The first-order valence-electron chi connectivity index (χ1n) is 7.05. The topological polar surface area (TPSA) is 73.6 Å². The van der Waals surface area contributed by atoms with Crippen molar-refractivity contribution in [2.45, 2.75) is 0 Å². The van der Waals surface area contributed by atoms with Crippen molar-refractivity contribution in [3.05, 3.63) is 77.2 Å². The molecule has 0 bridgehead atoms. The number of hydrogen-bond donors (Lipinski definition) is 0. The van der Waals surface area contributed by atoms with E-state index in [-0.39, 0.29) is 5.43 Å². The smallest absolute Gasteiger partial charge is 0.199 e. The summed E-state index contributed by atoms with van der Waals surface area (Å²) in [5.41, 5.74) is 1.82. The van der Waals surface area contributed by atoms with Crippen LogP contribution in [0, 0.1) is 0 Å². The van der Waals surface area contributed by atoms with Crippen molar-refractivity contribution in [2.75, 3.05) is 0 Å². The molecule has 0 spiro atoms. The van der Waals surface area contributed by atoms with Crippen molar-refractivity contribution in [3.63, 3.8) is 0 Å². The van der Waals surface area contributed by atoms with E-state index < -0.39 is 0 Å². The summed E-state index contributed by atoms with van der Waals surface area (Å²) in [7, 11) is 0. The lowest BCUT2D eigenvalue weighted by molar-refractivity contribution is 0.800. The number of aromatic nitrogens is 5. The molecule has 3 heterocycles. The van der Waals surface area contributed by atoms with Crippen LogP contribution in [-0.4, -0.2) is 24.7 Å². The summed E-state index contributed by atoms with van der Waals surface area (Å²) >= 11 is 0. The van der Waals surface area contributed by atoms with Crippen LogP contribution in [0.25, 0.3) is 28.7 Å². The van der Waals surface area contributed by atoms with Crippen molar-refractivity contribution in [1.82, 2.24) is 24.7 Å². The Morgan fingerprint density at radius 2 is 1.65 bits per heavy atom. The number of hydrogen-bond acceptors (Lipinski definition) is 5. The van der Waals surface area contributed by atoms with Gasteiger partial charge in [-0.3, -0.25) is 9.78 Å². The van der Waals surface area contributed by atoms with Crippen LogP contribution in [-0.2, 0) is 0 Å². The summed E-state index contributed by atoms with van der Waals surface area (Å²) in [4.78, 5) is 24.8. The quantitative estimate of drug-likeness (QED) is 0.567. The molecule has 0 unspecified atom stereocenters. The highest BCUT2D eigenvalue weighted by Crippen LogP contribution is 2.22. The molecule has 1 aliphatic heterocycles. The van der Waals surface area contributed by atoms with Crippen molar-refractivity contribution >= 4 is 0 Å². The number of fused-ring (bicyclic) bond motifs is 1. The Morgan fingerprint density at radius 3 is 2.39 bits per heavy atom. The number of nitrogens with zero attached hydrogens (tertiary/aromatic N) is 5. The molecule has 0 fully saturated rings. The molecule has 0 N–H and O–H groups in total. The third-order valence-corrected chi connectivity index (χ3v) is 3.36. The molecule has 23 heavy (non-hydrogen) atoms. The molecule has 2 aliphatic rings. The highest BCUT2D eigenvalue weighted by molar-refractivity contribution is 5.62. The Hall–Kier alpha value is -3.41. The molecule has 0 amide bonds. The van der Waals surface area contributed by atoms with Crippen LogP contribution in [0.2, 0.25) is 0 Å². The fourth-order valence-electron chi connectivity index (χ4n) is 2.31. The fraction of sp³-hybridized carbons (Fsp3) is 0. The molecular formula is C17H11N5O. The van der Waals surface area contributed by atoms with E-state index in [1.807, 2.05) is 36.4 Å². The molecule has 1 aliphatic carbocycles. The van der Waals surface area contributed by atoms with E-state index in [9.17, 15) is 4.79 Å². The van der Waals surface area contributed by atoms with Gasteiger partial charge in [0.25, 0.3) is 0 Å². The third kappa shape index (κ3) is 2.46. The van der Waals surface area contributed by atoms with Crippen molar-refractivity contribution in [1.29, 1.82) is 0 Å². The first kappa shape index (κ1) is 13.3. The van der Waals surface area contributed by atoms with E-state index in [1.165, 1.54) is 12.1 Å². The van der Waals surface area contributed by atoms with Crippen molar-refractivity contribution in [2.24, 2.45) is 0 Å². The lowest BCUT2D eigenvalue weighted by Crippen LogP contribution is -2.14. The molecule has 0 saturated carbocycles. The maximum atomic E-state index is 11.7. The molecule has 2 aromatic heterocycles. The molecule has 0 aromatic carbocycles. The molecule has 6 heteroatoms. The Balaban J connectivity index is 2.03. The number of rotatable bonds is 2. The molecule has 110 valence electrons. The molecule has 2 aromatic rings. The summed E-state index contributed by atoms with van der Waals surface area (Å²) in [6, 6.07) is 15.7. The van der Waals surface area contributed by atoms with Gasteiger partial charge in [0, 0.05) is 18.5 Å². The molecule has 6 nitrogen and oxygen atoms in total. The normalized spacial score (nSPS) is 10.8. The van der Waals surface area contributed by atoms with E-state index in [0.717, 1.165) is 0 Å². The van der Waals surface area contributed by atoms with Gasteiger partial charge in [0.1, 0.15) is 5.69 Å². The lowest BCUT2D eigenvalue weighted by Gasteiger charge is -2.14. The van der Waals surface area contributed by atoms with Crippen LogP contribution in [0.5, 0.6) is 0 Å². The van der Waals surface area contributed by atoms with Gasteiger partial charge in [-0.1, -0.05) is 12.1 Å². The minimum absolute atomic E-state index is 0.101. The largest absolute Gasteiger partial charge is 0.290 e. The third-order valence-electron chi connectivity index (χ3n) is 3.36. The number of pyridine rings is 2. The van der Waals surface area contributed by atoms with E-state index in [2.05, 4.69) is 20.1 Å². The van der Waals surface area contributed by atoms with Gasteiger partial charge in [-0.05, 0) is 36.4 Å². The summed E-state index contributed by atoms with van der Waals surface area (Å²) in [6.45, 7) is 0. The standard InChI is InChI=1S/C17H11N5O/c23-12-7-8-13-15(11-12)22(16-6-2-4-10-19-16)21-17(20-13)14-5-1-3-9-18-14/h1-11H. The van der Waals surface area contributed by atoms with Crippen LogP contribution in [0.4, 0.5) is 0 Å². The SMILES string of the molecule is O=c1ccc2nc(-c3ccccn3)nn(-c3ccccn3)c-2c1. The Labute approximate surface area is 131 Å². The van der Waals surface area contributed by atoms with Gasteiger partial charge in [-0.2, -0.15) is 0 Å².